The molecule has 1 heterocycles. The third-order valence-electron chi connectivity index (χ3n) is 13.1. The monoisotopic (exact) mass is 623 g/mol. The number of carbonyl (C=O) groups excluding carboxylic acids is 2. The number of nitrogens with zero attached hydrogens (tertiary/aromatic N) is 1. The van der Waals surface area contributed by atoms with Gasteiger partial charge < -0.3 is 28.4 Å². The van der Waals surface area contributed by atoms with Crippen LogP contribution in [-0.4, -0.2) is 101 Å². The third kappa shape index (κ3) is 4.16. The fraction of sp³-hybridized carbons (Fsp3) is 0.722. The first-order valence-electron chi connectivity index (χ1n) is 16.7. The smallest absolute Gasteiger partial charge is 0.331 e. The topological polar surface area (TPSA) is 92.8 Å². The lowest BCUT2D eigenvalue weighted by Gasteiger charge is -2.69. The third-order valence-corrected chi connectivity index (χ3v) is 13.1. The molecule has 1 aromatic rings. The predicted octanol–water partition coefficient (Wildman–Crippen LogP) is 3.99. The quantitative estimate of drug-likeness (QED) is 0.283. The van der Waals surface area contributed by atoms with Gasteiger partial charge in [-0.3, -0.25) is 9.69 Å². The summed E-state index contributed by atoms with van der Waals surface area (Å²) in [5.74, 6) is -0.879. The molecular formula is C36H49NO8. The van der Waals surface area contributed by atoms with E-state index < -0.39 is 17.7 Å². The van der Waals surface area contributed by atoms with Crippen molar-refractivity contribution in [2.45, 2.75) is 75.6 Å². The maximum atomic E-state index is 13.6. The minimum Gasteiger partial charge on any atom is -0.458 e. The molecule has 6 fully saturated rings. The van der Waals surface area contributed by atoms with Crippen LogP contribution in [0.15, 0.2) is 36.4 Å². The Labute approximate surface area is 266 Å². The second kappa shape index (κ2) is 11.4. The highest BCUT2D eigenvalue weighted by atomic mass is 16.6. The van der Waals surface area contributed by atoms with Gasteiger partial charge in [-0.15, -0.1) is 0 Å². The molecular weight excluding hydrogens is 574 g/mol. The van der Waals surface area contributed by atoms with Gasteiger partial charge in [0.25, 0.3) is 0 Å². The minimum absolute atomic E-state index is 0.00974. The van der Waals surface area contributed by atoms with E-state index in [4.69, 9.17) is 28.4 Å². The average Bonchev–Trinajstić information content (AvgIpc) is 3.46. The summed E-state index contributed by atoms with van der Waals surface area (Å²) in [4.78, 5) is 29.4. The Morgan fingerprint density at radius 2 is 1.80 bits per heavy atom. The van der Waals surface area contributed by atoms with Crippen LogP contribution in [0.4, 0.5) is 0 Å². The largest absolute Gasteiger partial charge is 0.458 e. The highest BCUT2D eigenvalue weighted by molar-refractivity contribution is 5.87. The Hall–Kier alpha value is -2.30. The number of hydrogen-bond acceptors (Lipinski definition) is 9. The second-order valence-corrected chi connectivity index (χ2v) is 14.5. The van der Waals surface area contributed by atoms with Crippen molar-refractivity contribution in [1.29, 1.82) is 0 Å². The number of hydrogen-bond donors (Lipinski definition) is 0. The minimum atomic E-state index is -0.929. The van der Waals surface area contributed by atoms with Gasteiger partial charge in [-0.2, -0.15) is 0 Å². The van der Waals surface area contributed by atoms with Crippen molar-refractivity contribution in [2.24, 2.45) is 40.4 Å². The summed E-state index contributed by atoms with van der Waals surface area (Å²) < 4.78 is 38.6. The SMILES string of the molecule is CCN1C[C@]2(COC)CCC(OC)[C@@]34[C@@H]5C[C@H]6[C@H](OC(=O)/C=C/c7ccccc7)[C@@H]5[C@](OC(C)=O)(C[C@H]6OC)[C@@H]([C@H](OC)[C@H]23)[C@@H]14. The van der Waals surface area contributed by atoms with Crippen LogP contribution in [-0.2, 0) is 38.0 Å². The molecule has 7 rings (SSSR count). The maximum Gasteiger partial charge on any atom is 0.331 e. The number of carbonyl (C=O) groups is 2. The molecule has 1 aromatic carbocycles. The van der Waals surface area contributed by atoms with Gasteiger partial charge in [0.2, 0.25) is 0 Å². The Bertz CT molecular complexity index is 1320. The molecule has 9 heteroatoms. The number of ether oxygens (including phenoxy) is 6. The van der Waals surface area contributed by atoms with Crippen molar-refractivity contribution >= 4 is 18.0 Å². The highest BCUT2D eigenvalue weighted by Crippen LogP contribution is 2.80. The van der Waals surface area contributed by atoms with Crippen molar-refractivity contribution in [3.8, 4) is 0 Å². The van der Waals surface area contributed by atoms with E-state index in [1.807, 2.05) is 44.6 Å². The summed E-state index contributed by atoms with van der Waals surface area (Å²) >= 11 is 0. The number of benzene rings is 1. The normalized spacial score (nSPS) is 45.9. The zero-order chi connectivity index (χ0) is 31.7. The maximum absolute atomic E-state index is 13.6. The van der Waals surface area contributed by atoms with E-state index >= 15 is 0 Å². The van der Waals surface area contributed by atoms with E-state index in [2.05, 4.69) is 11.8 Å². The fourth-order valence-corrected chi connectivity index (χ4v) is 12.4. The van der Waals surface area contributed by atoms with Gasteiger partial charge in [0, 0.05) is 94.9 Å². The first-order chi connectivity index (χ1) is 21.8. The number of rotatable bonds is 10. The van der Waals surface area contributed by atoms with E-state index in [1.54, 1.807) is 20.3 Å². The van der Waals surface area contributed by atoms with E-state index in [9.17, 15) is 9.59 Å². The molecule has 1 aliphatic heterocycles. The summed E-state index contributed by atoms with van der Waals surface area (Å²) in [5, 5.41) is 0. The van der Waals surface area contributed by atoms with Crippen LogP contribution in [0.1, 0.15) is 45.1 Å². The Morgan fingerprint density at radius 3 is 2.44 bits per heavy atom. The zero-order valence-corrected chi connectivity index (χ0v) is 27.5. The molecule has 5 saturated carbocycles. The molecule has 13 atom stereocenters. The van der Waals surface area contributed by atoms with Gasteiger partial charge in [0.05, 0.1) is 24.9 Å². The lowest BCUT2D eigenvalue weighted by atomic mass is 9.43. The summed E-state index contributed by atoms with van der Waals surface area (Å²) in [6.45, 7) is 6.14. The molecule has 5 aliphatic carbocycles. The average molecular weight is 624 g/mol. The molecule has 6 aliphatic rings. The molecule has 45 heavy (non-hydrogen) atoms. The van der Waals surface area contributed by atoms with Crippen LogP contribution in [0.2, 0.25) is 0 Å². The van der Waals surface area contributed by atoms with Gasteiger partial charge in [-0.25, -0.2) is 4.79 Å². The molecule has 0 radical (unpaired) electrons. The summed E-state index contributed by atoms with van der Waals surface area (Å²) in [6, 6.07) is 9.82. The molecule has 7 bridgehead atoms. The van der Waals surface area contributed by atoms with E-state index in [-0.39, 0.29) is 70.7 Å². The number of methoxy groups -OCH3 is 4. The van der Waals surface area contributed by atoms with Gasteiger partial charge >= 0.3 is 11.9 Å². The van der Waals surface area contributed by atoms with Crippen LogP contribution in [0.3, 0.4) is 0 Å². The molecule has 0 N–H and O–H groups in total. The van der Waals surface area contributed by atoms with Crippen molar-refractivity contribution in [3.63, 3.8) is 0 Å². The number of likely N-dealkylation sites (tertiary alicyclic amines) is 1. The summed E-state index contributed by atoms with van der Waals surface area (Å²) in [5.41, 5.74) is -0.427. The highest BCUT2D eigenvalue weighted by Gasteiger charge is 2.88. The van der Waals surface area contributed by atoms with Crippen LogP contribution in [0.25, 0.3) is 6.08 Å². The number of esters is 2. The van der Waals surface area contributed by atoms with Crippen molar-refractivity contribution < 1.29 is 38.0 Å². The molecule has 1 unspecified atom stereocenters. The molecule has 1 saturated heterocycles. The molecule has 0 aromatic heterocycles. The Kier molecular flexibility index (Phi) is 7.96. The molecule has 0 amide bonds. The van der Waals surface area contributed by atoms with Gasteiger partial charge in [-0.1, -0.05) is 37.3 Å². The van der Waals surface area contributed by atoms with Gasteiger partial charge in [0.15, 0.2) is 0 Å². The number of piperidine rings is 1. The van der Waals surface area contributed by atoms with Crippen molar-refractivity contribution in [3.05, 3.63) is 42.0 Å². The molecule has 9 nitrogen and oxygen atoms in total. The standard InChI is InChI=1S/C36H49NO8/c1-7-37-19-34(20-40-3)16-15-26(42-5)36-24-17-23-25(41-4)18-35(45-21(2)38,29(33(36)37)31(43-6)32(34)36)28(24)30(23)44-27(39)14-13-22-11-9-8-10-12-22/h8-14,23-26,28-33H,7,15-20H2,1-6H3/b14-13+/t23-,24-,25-,26?,28-,29+,30+,31+,32-,33-,34+,35-,36+/m1/s1. The number of fused-ring (bicyclic) bond motifs is 2. The Morgan fingerprint density at radius 1 is 1.02 bits per heavy atom. The van der Waals surface area contributed by atoms with E-state index in [0.717, 1.165) is 37.9 Å². The first kappa shape index (κ1) is 31.3. The predicted molar refractivity (Wildman–Crippen MR) is 166 cm³/mol. The van der Waals surface area contributed by atoms with Gasteiger partial charge in [-0.05, 0) is 43.4 Å². The lowest BCUT2D eigenvalue weighted by molar-refractivity contribution is -0.281. The van der Waals surface area contributed by atoms with E-state index in [0.29, 0.717) is 13.0 Å². The van der Waals surface area contributed by atoms with Crippen molar-refractivity contribution in [2.75, 3.05) is 48.1 Å². The molecule has 246 valence electrons. The van der Waals surface area contributed by atoms with Gasteiger partial charge in [0.1, 0.15) is 11.7 Å². The second-order valence-electron chi connectivity index (χ2n) is 14.5. The Balaban J connectivity index is 1.41. The summed E-state index contributed by atoms with van der Waals surface area (Å²) in [7, 11) is 7.20. The summed E-state index contributed by atoms with van der Waals surface area (Å²) in [6.07, 6.45) is 5.67. The zero-order valence-electron chi connectivity index (χ0n) is 27.5. The fourth-order valence-electron chi connectivity index (χ4n) is 12.4. The molecule has 1 spiro atoms. The van der Waals surface area contributed by atoms with Crippen LogP contribution < -0.4 is 0 Å². The lowest BCUT2D eigenvalue weighted by Crippen LogP contribution is -2.77. The van der Waals surface area contributed by atoms with Crippen LogP contribution >= 0.6 is 0 Å². The van der Waals surface area contributed by atoms with E-state index in [1.165, 1.54) is 13.0 Å². The van der Waals surface area contributed by atoms with Crippen molar-refractivity contribution in [1.82, 2.24) is 4.90 Å². The first-order valence-corrected chi connectivity index (χ1v) is 16.7. The van der Waals surface area contributed by atoms with Crippen LogP contribution in [0.5, 0.6) is 0 Å². The van der Waals surface area contributed by atoms with Crippen LogP contribution in [0, 0.1) is 40.4 Å².